The van der Waals surface area contributed by atoms with Crippen molar-refractivity contribution >= 4 is 17.7 Å². The van der Waals surface area contributed by atoms with E-state index in [1.54, 1.807) is 11.8 Å². The number of carbonyl (C=O) groups excluding carboxylic acids is 1. The van der Waals surface area contributed by atoms with Crippen LogP contribution in [0, 0.1) is 5.92 Å². The van der Waals surface area contributed by atoms with Crippen LogP contribution in [0.5, 0.6) is 0 Å². The lowest BCUT2D eigenvalue weighted by Gasteiger charge is -2.21. The minimum absolute atomic E-state index is 0.0522. The Morgan fingerprint density at radius 2 is 2.12 bits per heavy atom. The smallest absolute Gasteiger partial charge is 0.238 e. The molecule has 3 nitrogen and oxygen atoms in total. The molecule has 16 heavy (non-hydrogen) atoms. The molecule has 2 rings (SSSR count). The molecular formula is C12H22N2OS. The Hall–Kier alpha value is -0.220. The van der Waals surface area contributed by atoms with Gasteiger partial charge in [-0.2, -0.15) is 0 Å². The zero-order valence-corrected chi connectivity index (χ0v) is 10.7. The van der Waals surface area contributed by atoms with Crippen LogP contribution in [0.4, 0.5) is 0 Å². The molecule has 0 bridgehead atoms. The minimum Gasteiger partial charge on any atom is -0.355 e. The van der Waals surface area contributed by atoms with Gasteiger partial charge in [-0.25, -0.2) is 0 Å². The number of carbonyl (C=O) groups is 1. The summed E-state index contributed by atoms with van der Waals surface area (Å²) in [6.45, 7) is 0.867. The van der Waals surface area contributed by atoms with E-state index in [0.29, 0.717) is 0 Å². The Kier molecular flexibility index (Phi) is 4.97. The summed E-state index contributed by atoms with van der Waals surface area (Å²) in [5, 5.41) is 6.25. The van der Waals surface area contributed by atoms with Gasteiger partial charge in [0.25, 0.3) is 0 Å². The van der Waals surface area contributed by atoms with Crippen LogP contribution in [0.3, 0.4) is 0 Å². The molecule has 0 aromatic heterocycles. The Labute approximate surface area is 102 Å². The first-order valence-corrected chi connectivity index (χ1v) is 7.60. The molecule has 1 amide bonds. The van der Waals surface area contributed by atoms with Crippen LogP contribution in [0.1, 0.15) is 38.5 Å². The average Bonchev–Trinajstić information content (AvgIpc) is 2.84. The van der Waals surface area contributed by atoms with Gasteiger partial charge in [0.1, 0.15) is 0 Å². The summed E-state index contributed by atoms with van der Waals surface area (Å²) < 4.78 is 0. The zero-order valence-electron chi connectivity index (χ0n) is 9.84. The van der Waals surface area contributed by atoms with E-state index in [1.807, 2.05) is 0 Å². The monoisotopic (exact) mass is 242 g/mol. The lowest BCUT2D eigenvalue weighted by atomic mass is 9.87. The highest BCUT2D eigenvalue weighted by Crippen LogP contribution is 2.25. The van der Waals surface area contributed by atoms with Crippen LogP contribution in [0.2, 0.25) is 0 Å². The molecule has 1 aliphatic heterocycles. The number of thioether (sulfide) groups is 1. The number of hydrogen-bond acceptors (Lipinski definition) is 3. The molecule has 2 fully saturated rings. The molecule has 0 spiro atoms. The molecule has 2 N–H and O–H groups in total. The summed E-state index contributed by atoms with van der Waals surface area (Å²) in [5.41, 5.74) is 0. The number of amides is 1. The standard InChI is InChI=1S/C12H22N2OS/c15-12(11-8-16-9-14-11)13-7-6-10-4-2-1-3-5-10/h10-11,14H,1-9H2,(H,13,15). The number of rotatable bonds is 4. The molecule has 1 saturated heterocycles. The predicted molar refractivity (Wildman–Crippen MR) is 68.5 cm³/mol. The van der Waals surface area contributed by atoms with E-state index in [9.17, 15) is 4.79 Å². The van der Waals surface area contributed by atoms with Gasteiger partial charge in [-0.1, -0.05) is 32.1 Å². The molecular weight excluding hydrogens is 220 g/mol. The molecule has 0 aromatic carbocycles. The van der Waals surface area contributed by atoms with Crippen LogP contribution in [0.25, 0.3) is 0 Å². The topological polar surface area (TPSA) is 41.1 Å². The van der Waals surface area contributed by atoms with Crippen molar-refractivity contribution in [3.05, 3.63) is 0 Å². The maximum Gasteiger partial charge on any atom is 0.238 e. The summed E-state index contributed by atoms with van der Waals surface area (Å²) >= 11 is 1.80. The second kappa shape index (κ2) is 6.50. The van der Waals surface area contributed by atoms with Crippen LogP contribution in [-0.2, 0) is 4.79 Å². The maximum atomic E-state index is 11.7. The first kappa shape index (κ1) is 12.2. The van der Waals surface area contributed by atoms with Crippen LogP contribution >= 0.6 is 11.8 Å². The van der Waals surface area contributed by atoms with E-state index in [4.69, 9.17) is 0 Å². The summed E-state index contributed by atoms with van der Waals surface area (Å²) in [5.74, 6) is 2.90. The second-order valence-electron chi connectivity index (χ2n) is 4.86. The second-order valence-corrected chi connectivity index (χ2v) is 5.89. The highest BCUT2D eigenvalue weighted by molar-refractivity contribution is 7.99. The third-order valence-electron chi connectivity index (χ3n) is 3.61. The van der Waals surface area contributed by atoms with Crippen molar-refractivity contribution in [3.63, 3.8) is 0 Å². The molecule has 1 atom stereocenters. The summed E-state index contributed by atoms with van der Waals surface area (Å²) in [7, 11) is 0. The van der Waals surface area contributed by atoms with Crippen molar-refractivity contribution in [2.75, 3.05) is 18.2 Å². The third-order valence-corrected chi connectivity index (χ3v) is 4.55. The molecule has 4 heteroatoms. The zero-order chi connectivity index (χ0) is 11.2. The van der Waals surface area contributed by atoms with E-state index in [1.165, 1.54) is 38.5 Å². The molecule has 2 aliphatic rings. The van der Waals surface area contributed by atoms with Crippen molar-refractivity contribution in [3.8, 4) is 0 Å². The van der Waals surface area contributed by atoms with E-state index in [2.05, 4.69) is 10.6 Å². The van der Waals surface area contributed by atoms with Gasteiger partial charge < -0.3 is 5.32 Å². The average molecular weight is 242 g/mol. The van der Waals surface area contributed by atoms with Gasteiger partial charge in [-0.15, -0.1) is 11.8 Å². The quantitative estimate of drug-likeness (QED) is 0.789. The van der Waals surface area contributed by atoms with E-state index in [-0.39, 0.29) is 11.9 Å². The lowest BCUT2D eigenvalue weighted by Crippen LogP contribution is -2.42. The highest BCUT2D eigenvalue weighted by atomic mass is 32.2. The van der Waals surface area contributed by atoms with Gasteiger partial charge >= 0.3 is 0 Å². The Balaban J connectivity index is 1.57. The maximum absolute atomic E-state index is 11.7. The molecule has 92 valence electrons. The van der Waals surface area contributed by atoms with E-state index >= 15 is 0 Å². The normalized spacial score (nSPS) is 26.9. The van der Waals surface area contributed by atoms with Gasteiger partial charge in [-0.3, -0.25) is 10.1 Å². The lowest BCUT2D eigenvalue weighted by molar-refractivity contribution is -0.122. The van der Waals surface area contributed by atoms with Gasteiger partial charge in [-0.05, 0) is 12.3 Å². The fraction of sp³-hybridized carbons (Fsp3) is 0.917. The van der Waals surface area contributed by atoms with Crippen LogP contribution in [0.15, 0.2) is 0 Å². The molecule has 1 aliphatic carbocycles. The van der Waals surface area contributed by atoms with Crippen LogP contribution in [-0.4, -0.2) is 30.1 Å². The van der Waals surface area contributed by atoms with Crippen molar-refractivity contribution in [1.82, 2.24) is 10.6 Å². The van der Waals surface area contributed by atoms with Crippen LogP contribution < -0.4 is 10.6 Å². The minimum atomic E-state index is 0.0522. The fourth-order valence-corrected chi connectivity index (χ4v) is 3.50. The SMILES string of the molecule is O=C(NCCC1CCCCC1)C1CSCN1. The first-order chi connectivity index (χ1) is 7.86. The van der Waals surface area contributed by atoms with Crippen molar-refractivity contribution in [2.24, 2.45) is 5.92 Å². The van der Waals surface area contributed by atoms with Gasteiger partial charge in [0.15, 0.2) is 0 Å². The van der Waals surface area contributed by atoms with Crippen molar-refractivity contribution in [1.29, 1.82) is 0 Å². The Bertz CT molecular complexity index is 223. The van der Waals surface area contributed by atoms with E-state index in [0.717, 1.165) is 24.1 Å². The molecule has 1 heterocycles. The number of hydrogen-bond donors (Lipinski definition) is 2. The summed E-state index contributed by atoms with van der Waals surface area (Å²) in [6.07, 6.45) is 8.09. The van der Waals surface area contributed by atoms with Gasteiger partial charge in [0.05, 0.1) is 6.04 Å². The molecule has 1 saturated carbocycles. The van der Waals surface area contributed by atoms with Crippen molar-refractivity contribution in [2.45, 2.75) is 44.6 Å². The van der Waals surface area contributed by atoms with Gasteiger partial charge in [0.2, 0.25) is 5.91 Å². The van der Waals surface area contributed by atoms with Crippen molar-refractivity contribution < 1.29 is 4.79 Å². The highest BCUT2D eigenvalue weighted by Gasteiger charge is 2.22. The summed E-state index contributed by atoms with van der Waals surface area (Å²) in [4.78, 5) is 11.7. The predicted octanol–water partition coefficient (Wildman–Crippen LogP) is 1.74. The fourth-order valence-electron chi connectivity index (χ4n) is 2.56. The molecule has 0 aromatic rings. The largest absolute Gasteiger partial charge is 0.355 e. The van der Waals surface area contributed by atoms with E-state index < -0.39 is 0 Å². The van der Waals surface area contributed by atoms with Gasteiger partial charge in [0, 0.05) is 18.2 Å². The molecule has 0 radical (unpaired) electrons. The Morgan fingerprint density at radius 1 is 1.31 bits per heavy atom. The molecule has 1 unspecified atom stereocenters. The first-order valence-electron chi connectivity index (χ1n) is 6.45. The Morgan fingerprint density at radius 3 is 2.81 bits per heavy atom. The third kappa shape index (κ3) is 3.67. The number of nitrogens with one attached hydrogen (secondary N) is 2. The summed E-state index contributed by atoms with van der Waals surface area (Å²) in [6, 6.07) is 0.0522.